The molecule has 0 aliphatic carbocycles. The number of rotatable bonds is 5. The van der Waals surface area contributed by atoms with Crippen LogP contribution in [-0.2, 0) is 0 Å². The second-order valence-electron chi connectivity index (χ2n) is 5.92. The number of thiazole rings is 2. The molecule has 0 N–H and O–H groups in total. The first kappa shape index (κ1) is 17.2. The Labute approximate surface area is 168 Å². The van der Waals surface area contributed by atoms with E-state index in [1.807, 2.05) is 41.1 Å². The van der Waals surface area contributed by atoms with Crippen LogP contribution < -0.4 is 14.2 Å². The predicted molar refractivity (Wildman–Crippen MR) is 107 cm³/mol. The lowest BCUT2D eigenvalue weighted by Gasteiger charge is -2.01. The molecule has 2 aromatic heterocycles. The molecule has 2 aromatic carbocycles. The number of fused-ring (bicyclic) bond motifs is 1. The number of ether oxygens (including phenoxy) is 3. The van der Waals surface area contributed by atoms with E-state index in [0.717, 1.165) is 44.0 Å². The van der Waals surface area contributed by atoms with E-state index in [1.165, 1.54) is 0 Å². The molecule has 140 valence electrons. The van der Waals surface area contributed by atoms with Crippen LogP contribution in [0.3, 0.4) is 0 Å². The van der Waals surface area contributed by atoms with Crippen molar-refractivity contribution in [2.24, 2.45) is 0 Å². The number of nitrogens with zero attached hydrogens (tertiary/aromatic N) is 2. The second-order valence-corrected chi connectivity index (χ2v) is 7.64. The van der Waals surface area contributed by atoms with Crippen LogP contribution in [0.1, 0.15) is 0 Å². The summed E-state index contributed by atoms with van der Waals surface area (Å²) in [6, 6.07) is 13.0. The van der Waals surface area contributed by atoms with Crippen LogP contribution in [0, 0.1) is 0 Å². The van der Waals surface area contributed by atoms with Crippen molar-refractivity contribution in [2.75, 3.05) is 13.7 Å². The van der Waals surface area contributed by atoms with Gasteiger partial charge < -0.3 is 14.2 Å². The molecule has 0 bridgehead atoms. The van der Waals surface area contributed by atoms with Gasteiger partial charge in [0.05, 0.1) is 11.4 Å². The van der Waals surface area contributed by atoms with Crippen LogP contribution in [0.25, 0.3) is 32.5 Å². The molecule has 8 heteroatoms. The molecule has 1 aliphatic heterocycles. The maximum absolute atomic E-state index is 12.2. The van der Waals surface area contributed by atoms with Crippen molar-refractivity contribution in [3.63, 3.8) is 0 Å². The maximum atomic E-state index is 12.2. The summed E-state index contributed by atoms with van der Waals surface area (Å²) in [4.78, 5) is 9.43. The molecule has 4 aromatic rings. The summed E-state index contributed by atoms with van der Waals surface area (Å²) < 4.78 is 27.9. The maximum Gasteiger partial charge on any atom is 0.231 e. The molecule has 0 saturated carbocycles. The summed E-state index contributed by atoms with van der Waals surface area (Å²) in [7, 11) is 0. The standard InChI is InChI=1S/C20H13FN2O3S2/c21-10-24-14-4-1-12(2-5-14)15-8-27-19(22-15)20-23-16(9-28-20)13-3-6-17-18(7-13)26-11-25-17/h1-9H,10-11H2. The van der Waals surface area contributed by atoms with Gasteiger partial charge in [0.1, 0.15) is 5.75 Å². The van der Waals surface area contributed by atoms with Gasteiger partial charge in [-0.25, -0.2) is 14.4 Å². The van der Waals surface area contributed by atoms with Crippen molar-refractivity contribution >= 4 is 22.7 Å². The normalized spacial score (nSPS) is 12.3. The topological polar surface area (TPSA) is 53.5 Å². The zero-order chi connectivity index (χ0) is 18.9. The first-order valence-electron chi connectivity index (χ1n) is 8.41. The van der Waals surface area contributed by atoms with Gasteiger partial charge in [-0.2, -0.15) is 0 Å². The van der Waals surface area contributed by atoms with Crippen LogP contribution in [0.15, 0.2) is 53.2 Å². The van der Waals surface area contributed by atoms with Crippen LogP contribution in [0.4, 0.5) is 4.39 Å². The average molecular weight is 412 g/mol. The lowest BCUT2D eigenvalue weighted by atomic mass is 10.1. The number of alkyl halides is 1. The fourth-order valence-electron chi connectivity index (χ4n) is 2.85. The fourth-order valence-corrected chi connectivity index (χ4v) is 4.56. The molecule has 0 atom stereocenters. The van der Waals surface area contributed by atoms with E-state index >= 15 is 0 Å². The van der Waals surface area contributed by atoms with E-state index in [1.54, 1.807) is 34.8 Å². The monoisotopic (exact) mass is 412 g/mol. The lowest BCUT2D eigenvalue weighted by Crippen LogP contribution is -1.92. The molecule has 0 unspecified atom stereocenters. The minimum atomic E-state index is -0.837. The summed E-state index contributed by atoms with van der Waals surface area (Å²) in [5.41, 5.74) is 3.66. The van der Waals surface area contributed by atoms with E-state index in [-0.39, 0.29) is 6.79 Å². The smallest absolute Gasteiger partial charge is 0.231 e. The minimum absolute atomic E-state index is 0.254. The zero-order valence-electron chi connectivity index (χ0n) is 14.4. The van der Waals surface area contributed by atoms with Gasteiger partial charge in [-0.3, -0.25) is 0 Å². The van der Waals surface area contributed by atoms with Crippen LogP contribution >= 0.6 is 22.7 Å². The van der Waals surface area contributed by atoms with Crippen molar-refractivity contribution in [3.8, 4) is 49.8 Å². The Hall–Kier alpha value is -2.97. The van der Waals surface area contributed by atoms with Gasteiger partial charge in [-0.05, 0) is 42.5 Å². The molecule has 0 saturated heterocycles. The average Bonchev–Trinajstić information content (AvgIpc) is 3.47. The SMILES string of the molecule is FCOc1ccc(-c2csc(-c3nc(-c4ccc5c(c4)OCO5)cs3)n2)cc1. The minimum Gasteiger partial charge on any atom is -0.463 e. The fraction of sp³-hybridized carbons (Fsp3) is 0.100. The van der Waals surface area contributed by atoms with Gasteiger partial charge in [0.15, 0.2) is 21.5 Å². The lowest BCUT2D eigenvalue weighted by molar-refractivity contribution is 0.174. The van der Waals surface area contributed by atoms with Gasteiger partial charge >= 0.3 is 0 Å². The number of halogens is 1. The number of benzene rings is 2. The zero-order valence-corrected chi connectivity index (χ0v) is 16.1. The molecule has 5 rings (SSSR count). The predicted octanol–water partition coefficient (Wildman–Crippen LogP) is 5.64. The van der Waals surface area contributed by atoms with Gasteiger partial charge in [0.25, 0.3) is 0 Å². The third-order valence-corrected chi connectivity index (χ3v) is 6.06. The van der Waals surface area contributed by atoms with Gasteiger partial charge in [-0.15, -0.1) is 22.7 Å². The van der Waals surface area contributed by atoms with Crippen LogP contribution in [0.5, 0.6) is 17.2 Å². The van der Waals surface area contributed by atoms with Gasteiger partial charge in [0, 0.05) is 21.9 Å². The van der Waals surface area contributed by atoms with Crippen molar-refractivity contribution in [3.05, 3.63) is 53.2 Å². The second kappa shape index (κ2) is 7.21. The van der Waals surface area contributed by atoms with E-state index < -0.39 is 6.86 Å². The van der Waals surface area contributed by atoms with E-state index in [9.17, 15) is 4.39 Å². The highest BCUT2D eigenvalue weighted by atomic mass is 32.1. The van der Waals surface area contributed by atoms with Crippen LogP contribution in [-0.4, -0.2) is 23.6 Å². The molecule has 0 spiro atoms. The Morgan fingerprint density at radius 3 is 2.21 bits per heavy atom. The van der Waals surface area contributed by atoms with Gasteiger partial charge in [0.2, 0.25) is 13.7 Å². The number of hydrogen-bond acceptors (Lipinski definition) is 7. The summed E-state index contributed by atoms with van der Waals surface area (Å²) in [6.07, 6.45) is 0. The molecule has 5 nitrogen and oxygen atoms in total. The Morgan fingerprint density at radius 1 is 0.857 bits per heavy atom. The third-order valence-electron chi connectivity index (χ3n) is 4.23. The van der Waals surface area contributed by atoms with Gasteiger partial charge in [-0.1, -0.05) is 0 Å². The number of hydrogen-bond donors (Lipinski definition) is 0. The Bertz CT molecular complexity index is 1120. The molecular weight excluding hydrogens is 399 g/mol. The van der Waals surface area contributed by atoms with E-state index in [4.69, 9.17) is 24.2 Å². The Balaban J connectivity index is 1.39. The molecule has 28 heavy (non-hydrogen) atoms. The van der Waals surface area contributed by atoms with Crippen LogP contribution in [0.2, 0.25) is 0 Å². The summed E-state index contributed by atoms with van der Waals surface area (Å²) in [5.74, 6) is 1.99. The molecule has 1 aliphatic rings. The molecule has 0 radical (unpaired) electrons. The molecule has 0 fully saturated rings. The third kappa shape index (κ3) is 3.21. The highest BCUT2D eigenvalue weighted by Gasteiger charge is 2.16. The van der Waals surface area contributed by atoms with Crippen molar-refractivity contribution < 1.29 is 18.6 Å². The molecule has 3 heterocycles. The number of aromatic nitrogens is 2. The van der Waals surface area contributed by atoms with E-state index in [2.05, 4.69) is 0 Å². The largest absolute Gasteiger partial charge is 0.463 e. The highest BCUT2D eigenvalue weighted by Crippen LogP contribution is 2.38. The van der Waals surface area contributed by atoms with Crippen molar-refractivity contribution in [1.29, 1.82) is 0 Å². The summed E-state index contributed by atoms with van der Waals surface area (Å²) in [5, 5.41) is 5.72. The first-order chi connectivity index (χ1) is 13.8. The summed E-state index contributed by atoms with van der Waals surface area (Å²) >= 11 is 3.09. The quantitative estimate of drug-likeness (QED) is 0.425. The Morgan fingerprint density at radius 2 is 1.50 bits per heavy atom. The van der Waals surface area contributed by atoms with E-state index in [0.29, 0.717) is 5.75 Å². The molecular formula is C20H13FN2O3S2. The highest BCUT2D eigenvalue weighted by molar-refractivity contribution is 7.20. The summed E-state index contributed by atoms with van der Waals surface area (Å²) in [6.45, 7) is -0.584. The van der Waals surface area contributed by atoms with Crippen molar-refractivity contribution in [2.45, 2.75) is 0 Å². The molecule has 0 amide bonds. The first-order valence-corrected chi connectivity index (χ1v) is 10.2. The Kier molecular flexibility index (Phi) is 4.42. The van der Waals surface area contributed by atoms with Crippen molar-refractivity contribution in [1.82, 2.24) is 9.97 Å².